The molecule has 0 spiro atoms. The average molecular weight is 314 g/mol. The molecule has 2 N–H and O–H groups in total. The van der Waals surface area contributed by atoms with Crippen LogP contribution in [0.4, 0.5) is 10.1 Å². The molecule has 1 heterocycles. The zero-order valence-corrected chi connectivity index (χ0v) is 12.5. The van der Waals surface area contributed by atoms with Crippen molar-refractivity contribution in [1.82, 2.24) is 4.31 Å². The number of hydrogen-bond acceptors (Lipinski definition) is 4. The first-order chi connectivity index (χ1) is 9.45. The lowest BCUT2D eigenvalue weighted by Gasteiger charge is -2.20. The summed E-state index contributed by atoms with van der Waals surface area (Å²) in [6, 6.07) is 7.06. The van der Waals surface area contributed by atoms with Gasteiger partial charge in [-0.05, 0) is 29.6 Å². The Labute approximate surface area is 121 Å². The van der Waals surface area contributed by atoms with E-state index in [0.29, 0.717) is 6.54 Å². The van der Waals surface area contributed by atoms with Gasteiger partial charge in [0.15, 0.2) is 0 Å². The van der Waals surface area contributed by atoms with Crippen molar-refractivity contribution in [3.63, 3.8) is 0 Å². The summed E-state index contributed by atoms with van der Waals surface area (Å²) in [7, 11) is -3.73. The summed E-state index contributed by atoms with van der Waals surface area (Å²) in [6.45, 7) is 2.36. The Bertz CT molecular complexity index is 684. The minimum absolute atomic E-state index is 0.0580. The van der Waals surface area contributed by atoms with E-state index in [4.69, 9.17) is 5.73 Å². The third-order valence-corrected chi connectivity index (χ3v) is 5.71. The van der Waals surface area contributed by atoms with Crippen molar-refractivity contribution < 1.29 is 12.8 Å². The highest BCUT2D eigenvalue weighted by atomic mass is 32.2. The predicted octanol–water partition coefficient (Wildman–Crippen LogP) is 2.68. The Morgan fingerprint density at radius 3 is 2.65 bits per heavy atom. The first kappa shape index (κ1) is 15.0. The highest BCUT2D eigenvalue weighted by Crippen LogP contribution is 2.25. The van der Waals surface area contributed by atoms with Crippen LogP contribution in [-0.4, -0.2) is 19.3 Å². The largest absolute Gasteiger partial charge is 0.398 e. The van der Waals surface area contributed by atoms with E-state index in [-0.39, 0.29) is 17.1 Å². The maximum absolute atomic E-state index is 13.0. The van der Waals surface area contributed by atoms with Crippen LogP contribution in [0.2, 0.25) is 0 Å². The zero-order chi connectivity index (χ0) is 14.8. The van der Waals surface area contributed by atoms with Crippen LogP contribution in [0.5, 0.6) is 0 Å². The highest BCUT2D eigenvalue weighted by molar-refractivity contribution is 7.89. The second-order valence-corrected chi connectivity index (χ2v) is 7.13. The van der Waals surface area contributed by atoms with Crippen molar-refractivity contribution in [3.8, 4) is 0 Å². The van der Waals surface area contributed by atoms with Gasteiger partial charge in [-0.2, -0.15) is 4.31 Å². The summed E-state index contributed by atoms with van der Waals surface area (Å²) in [4.78, 5) is 0.883. The fourth-order valence-electron chi connectivity index (χ4n) is 1.84. The number of nitrogen functional groups attached to an aromatic ring is 1. The first-order valence-corrected chi connectivity index (χ1v) is 8.34. The van der Waals surface area contributed by atoms with Gasteiger partial charge in [0.05, 0.1) is 5.69 Å². The number of benzene rings is 1. The van der Waals surface area contributed by atoms with Gasteiger partial charge in [-0.25, -0.2) is 12.8 Å². The Kier molecular flexibility index (Phi) is 4.42. The molecule has 108 valence electrons. The second-order valence-electron chi connectivity index (χ2n) is 4.19. The molecule has 0 atom stereocenters. The molecule has 1 aromatic heterocycles. The monoisotopic (exact) mass is 314 g/mol. The Morgan fingerprint density at radius 1 is 1.35 bits per heavy atom. The molecule has 2 aromatic rings. The fraction of sp³-hybridized carbons (Fsp3) is 0.231. The number of halogens is 1. The van der Waals surface area contributed by atoms with Gasteiger partial charge >= 0.3 is 0 Å². The van der Waals surface area contributed by atoms with Crippen LogP contribution in [0, 0.1) is 5.82 Å². The maximum Gasteiger partial charge on any atom is 0.245 e. The van der Waals surface area contributed by atoms with E-state index in [9.17, 15) is 12.8 Å². The van der Waals surface area contributed by atoms with Crippen LogP contribution >= 0.6 is 11.3 Å². The van der Waals surface area contributed by atoms with Crippen molar-refractivity contribution in [1.29, 1.82) is 0 Å². The summed E-state index contributed by atoms with van der Waals surface area (Å²) in [6.07, 6.45) is 0. The molecule has 0 aliphatic rings. The van der Waals surface area contributed by atoms with Gasteiger partial charge in [-0.1, -0.05) is 13.0 Å². The molecule has 0 saturated carbocycles. The van der Waals surface area contributed by atoms with Gasteiger partial charge in [-0.3, -0.25) is 0 Å². The zero-order valence-electron chi connectivity index (χ0n) is 10.9. The van der Waals surface area contributed by atoms with Gasteiger partial charge in [0.1, 0.15) is 10.7 Å². The lowest BCUT2D eigenvalue weighted by molar-refractivity contribution is 0.426. The number of thiophene rings is 1. The molecule has 0 fully saturated rings. The standard InChI is InChI=1S/C13H15FN2O2S2/c1-2-16(9-11-4-3-7-19-11)20(17,18)13-6-5-10(14)8-12(13)15/h3-8H,2,9,15H2,1H3. The van der Waals surface area contributed by atoms with Gasteiger partial charge in [-0.15, -0.1) is 11.3 Å². The molecule has 2 rings (SSSR count). The molecule has 0 bridgehead atoms. The molecular formula is C13H15FN2O2S2. The number of hydrogen-bond donors (Lipinski definition) is 1. The lowest BCUT2D eigenvalue weighted by Crippen LogP contribution is -2.30. The molecule has 7 heteroatoms. The van der Waals surface area contributed by atoms with Crippen LogP contribution < -0.4 is 5.73 Å². The molecule has 0 aliphatic heterocycles. The van der Waals surface area contributed by atoms with Crippen LogP contribution in [0.25, 0.3) is 0 Å². The molecule has 4 nitrogen and oxygen atoms in total. The lowest BCUT2D eigenvalue weighted by atomic mass is 10.3. The van der Waals surface area contributed by atoms with Crippen LogP contribution in [0.15, 0.2) is 40.6 Å². The topological polar surface area (TPSA) is 63.4 Å². The molecule has 0 amide bonds. The second kappa shape index (κ2) is 5.90. The van der Waals surface area contributed by atoms with E-state index < -0.39 is 15.8 Å². The quantitative estimate of drug-likeness (QED) is 0.863. The van der Waals surface area contributed by atoms with E-state index in [2.05, 4.69) is 0 Å². The molecule has 20 heavy (non-hydrogen) atoms. The van der Waals surface area contributed by atoms with Crippen molar-refractivity contribution >= 4 is 27.0 Å². The van der Waals surface area contributed by atoms with E-state index in [0.717, 1.165) is 17.0 Å². The molecule has 1 aromatic carbocycles. The van der Waals surface area contributed by atoms with Crippen LogP contribution in [0.1, 0.15) is 11.8 Å². The van der Waals surface area contributed by atoms with Gasteiger partial charge < -0.3 is 5.73 Å². The number of anilines is 1. The Balaban J connectivity index is 2.36. The minimum Gasteiger partial charge on any atom is -0.398 e. The molecule has 0 unspecified atom stereocenters. The Morgan fingerprint density at radius 2 is 2.10 bits per heavy atom. The van der Waals surface area contributed by atoms with Gasteiger partial charge in [0.25, 0.3) is 0 Å². The summed E-state index contributed by atoms with van der Waals surface area (Å²) >= 11 is 1.49. The molecule has 0 aliphatic carbocycles. The normalized spacial score (nSPS) is 11.9. The van der Waals surface area contributed by atoms with Gasteiger partial charge in [0.2, 0.25) is 10.0 Å². The predicted molar refractivity (Wildman–Crippen MR) is 78.4 cm³/mol. The van der Waals surface area contributed by atoms with Crippen molar-refractivity contribution in [2.45, 2.75) is 18.4 Å². The Hall–Kier alpha value is -1.44. The fourth-order valence-corrected chi connectivity index (χ4v) is 4.16. The van der Waals surface area contributed by atoms with E-state index in [1.807, 2.05) is 17.5 Å². The third kappa shape index (κ3) is 3.00. The van der Waals surface area contributed by atoms with Crippen molar-refractivity contribution in [3.05, 3.63) is 46.4 Å². The van der Waals surface area contributed by atoms with E-state index >= 15 is 0 Å². The summed E-state index contributed by atoms with van der Waals surface area (Å²) < 4.78 is 39.5. The maximum atomic E-state index is 13.0. The highest BCUT2D eigenvalue weighted by Gasteiger charge is 2.25. The SMILES string of the molecule is CCN(Cc1cccs1)S(=O)(=O)c1ccc(F)cc1N. The molecule has 0 radical (unpaired) electrons. The number of nitrogens with two attached hydrogens (primary N) is 1. The third-order valence-electron chi connectivity index (χ3n) is 2.85. The smallest absolute Gasteiger partial charge is 0.245 e. The average Bonchev–Trinajstić information content (AvgIpc) is 2.88. The molecule has 0 saturated heterocycles. The number of nitrogens with zero attached hydrogens (tertiary/aromatic N) is 1. The van der Waals surface area contributed by atoms with E-state index in [1.54, 1.807) is 6.92 Å². The minimum atomic E-state index is -3.73. The van der Waals surface area contributed by atoms with Gasteiger partial charge in [0, 0.05) is 18.0 Å². The van der Waals surface area contributed by atoms with Crippen molar-refractivity contribution in [2.24, 2.45) is 0 Å². The summed E-state index contributed by atoms with van der Waals surface area (Å²) in [5.74, 6) is -0.553. The number of sulfonamides is 1. The molecular weight excluding hydrogens is 299 g/mol. The first-order valence-electron chi connectivity index (χ1n) is 6.02. The number of rotatable bonds is 5. The van der Waals surface area contributed by atoms with Crippen molar-refractivity contribution in [2.75, 3.05) is 12.3 Å². The van der Waals surface area contributed by atoms with Crippen LogP contribution in [0.3, 0.4) is 0 Å². The summed E-state index contributed by atoms with van der Waals surface area (Å²) in [5.41, 5.74) is 5.56. The van der Waals surface area contributed by atoms with Crippen LogP contribution in [-0.2, 0) is 16.6 Å². The van der Waals surface area contributed by atoms with E-state index in [1.165, 1.54) is 21.7 Å². The summed E-state index contributed by atoms with van der Waals surface area (Å²) in [5, 5.41) is 1.89.